The summed E-state index contributed by atoms with van der Waals surface area (Å²) in [6.07, 6.45) is 13.5. The van der Waals surface area contributed by atoms with E-state index in [-0.39, 0.29) is 41.8 Å². The van der Waals surface area contributed by atoms with Crippen LogP contribution in [0.2, 0.25) is 0 Å². The molecule has 62 heavy (non-hydrogen) atoms. The summed E-state index contributed by atoms with van der Waals surface area (Å²) in [6.45, 7) is 8.35. The molecule has 2 aromatic carbocycles. The Bertz CT molecular complexity index is 2380. The Hall–Kier alpha value is -5.66. The van der Waals surface area contributed by atoms with Gasteiger partial charge in [-0.15, -0.1) is 0 Å². The monoisotopic (exact) mass is 844 g/mol. The molecule has 0 radical (unpaired) electrons. The number of benzene rings is 2. The molecule has 6 atom stereocenters. The standard InChI is InChI=1S/C48H60N8O6/c1-25(2)40(53-47(59)61-5)45(57)55-21-9-14-39(55)43-49-23-37(51-43)35-19-17-33(29-10-7-12-31(29)35)34-18-20-36(32-13-8-11-30(32)34)38-24-50-44(52-38)42-27-15-16-28(22-27)56(42)46(58)41(26(3)4)54-48(60)62-6/h17-20,23-28,39-42H,7-16,21-22H2,1-6H3,(H,49,51)(H,50,52)(H,53,59)(H,54,60)/t27?,28?,39-,40-,41+,42?/m0/s1. The molecule has 2 bridgehead atoms. The Kier molecular flexibility index (Phi) is 11.4. The number of piperidine rings is 1. The van der Waals surface area contributed by atoms with Crippen LogP contribution < -0.4 is 10.6 Å². The molecule has 9 rings (SSSR count). The molecule has 1 saturated carbocycles. The van der Waals surface area contributed by atoms with E-state index >= 15 is 0 Å². The molecule has 4 amide bonds. The number of nitrogens with one attached hydrogen (secondary N) is 4. The highest BCUT2D eigenvalue weighted by Crippen LogP contribution is 2.51. The molecular formula is C48H60N8O6. The zero-order valence-corrected chi connectivity index (χ0v) is 36.8. The van der Waals surface area contributed by atoms with Crippen LogP contribution >= 0.6 is 0 Å². The third-order valence-electron chi connectivity index (χ3n) is 14.4. The molecule has 328 valence electrons. The third kappa shape index (κ3) is 7.32. The van der Waals surface area contributed by atoms with Gasteiger partial charge in [0.2, 0.25) is 11.8 Å². The van der Waals surface area contributed by atoms with Crippen molar-refractivity contribution in [3.63, 3.8) is 0 Å². The fourth-order valence-electron chi connectivity index (χ4n) is 11.4. The number of H-pyrrole nitrogens is 2. The Labute approximate surface area is 363 Å². The summed E-state index contributed by atoms with van der Waals surface area (Å²) in [5, 5.41) is 5.53. The lowest BCUT2D eigenvalue weighted by molar-refractivity contribution is -0.139. The van der Waals surface area contributed by atoms with Crippen LogP contribution in [0, 0.1) is 17.8 Å². The second kappa shape index (κ2) is 16.9. The first kappa shape index (κ1) is 41.7. The maximum absolute atomic E-state index is 14.1. The first-order chi connectivity index (χ1) is 30.0. The van der Waals surface area contributed by atoms with Crippen LogP contribution in [0.3, 0.4) is 0 Å². The zero-order chi connectivity index (χ0) is 43.4. The van der Waals surface area contributed by atoms with Gasteiger partial charge in [0, 0.05) is 23.7 Å². The number of hydrogen-bond acceptors (Lipinski definition) is 8. The number of carbonyl (C=O) groups excluding carboxylic acids is 4. The minimum Gasteiger partial charge on any atom is -0.453 e. The normalized spacial score (nSPS) is 22.3. The number of amides is 4. The fraction of sp³-hybridized carbons (Fsp3) is 0.542. The topological polar surface area (TPSA) is 175 Å². The van der Waals surface area contributed by atoms with Crippen LogP contribution in [0.25, 0.3) is 33.6 Å². The first-order valence-electron chi connectivity index (χ1n) is 22.7. The van der Waals surface area contributed by atoms with Crippen LogP contribution in [0.1, 0.15) is 119 Å². The van der Waals surface area contributed by atoms with Gasteiger partial charge in [0.05, 0.1) is 50.1 Å². The molecule has 2 aromatic heterocycles. The Morgan fingerprint density at radius 3 is 1.71 bits per heavy atom. The van der Waals surface area contributed by atoms with Gasteiger partial charge < -0.3 is 39.9 Å². The molecule has 4 heterocycles. The maximum atomic E-state index is 14.1. The predicted molar refractivity (Wildman–Crippen MR) is 234 cm³/mol. The number of aromatic amines is 2. The number of alkyl carbamates (subject to hydrolysis) is 2. The number of fused-ring (bicyclic) bond motifs is 4. The summed E-state index contributed by atoms with van der Waals surface area (Å²) in [6, 6.07) is 7.50. The molecule has 3 aliphatic carbocycles. The minimum atomic E-state index is -0.683. The minimum absolute atomic E-state index is 0.0732. The van der Waals surface area contributed by atoms with Crippen molar-refractivity contribution in [3.05, 3.63) is 70.6 Å². The largest absolute Gasteiger partial charge is 0.453 e. The number of rotatable bonds is 11. The molecule has 2 aliphatic heterocycles. The summed E-state index contributed by atoms with van der Waals surface area (Å²) in [4.78, 5) is 73.2. The van der Waals surface area contributed by atoms with Crippen molar-refractivity contribution in [2.24, 2.45) is 17.8 Å². The van der Waals surface area contributed by atoms with Gasteiger partial charge in [-0.25, -0.2) is 19.6 Å². The van der Waals surface area contributed by atoms with Gasteiger partial charge in [-0.3, -0.25) is 9.59 Å². The zero-order valence-electron chi connectivity index (χ0n) is 36.8. The van der Waals surface area contributed by atoms with Crippen molar-refractivity contribution in [3.8, 4) is 33.6 Å². The predicted octanol–water partition coefficient (Wildman–Crippen LogP) is 7.59. The van der Waals surface area contributed by atoms with E-state index in [0.717, 1.165) is 99.2 Å². The van der Waals surface area contributed by atoms with Gasteiger partial charge in [-0.1, -0.05) is 52.0 Å². The highest BCUT2D eigenvalue weighted by atomic mass is 16.5. The molecule has 3 unspecified atom stereocenters. The van der Waals surface area contributed by atoms with E-state index in [1.165, 1.54) is 53.2 Å². The summed E-state index contributed by atoms with van der Waals surface area (Å²) >= 11 is 0. The van der Waals surface area contributed by atoms with E-state index < -0.39 is 24.3 Å². The number of nitrogens with zero attached hydrogens (tertiary/aromatic N) is 4. The smallest absolute Gasteiger partial charge is 0.407 e. The number of carbonyl (C=O) groups is 4. The highest BCUT2D eigenvalue weighted by Gasteiger charge is 2.51. The lowest BCUT2D eigenvalue weighted by Gasteiger charge is -2.37. The molecular weight excluding hydrogens is 785 g/mol. The van der Waals surface area contributed by atoms with Gasteiger partial charge in [0.25, 0.3) is 0 Å². The van der Waals surface area contributed by atoms with Gasteiger partial charge in [-0.05, 0) is 122 Å². The van der Waals surface area contributed by atoms with Crippen molar-refractivity contribution >= 4 is 24.0 Å². The molecule has 0 spiro atoms. The molecule has 4 aromatic rings. The van der Waals surface area contributed by atoms with Crippen LogP contribution in [0.5, 0.6) is 0 Å². The fourth-order valence-corrected chi connectivity index (χ4v) is 11.4. The number of ether oxygens (including phenoxy) is 2. The molecule has 3 fully saturated rings. The second-order valence-corrected chi connectivity index (χ2v) is 18.6. The number of aromatic nitrogens is 4. The Balaban J connectivity index is 0.974. The van der Waals surface area contributed by atoms with E-state index in [1.54, 1.807) is 0 Å². The summed E-state index contributed by atoms with van der Waals surface area (Å²) in [5.74, 6) is 1.52. The average Bonchev–Trinajstić information content (AvgIpc) is 4.12. The summed E-state index contributed by atoms with van der Waals surface area (Å²) < 4.78 is 9.69. The van der Waals surface area contributed by atoms with Crippen LogP contribution in [0.4, 0.5) is 9.59 Å². The van der Waals surface area contributed by atoms with Crippen LogP contribution in [-0.4, -0.2) is 92.6 Å². The number of methoxy groups -OCH3 is 2. The number of hydrogen-bond donors (Lipinski definition) is 4. The molecule has 5 aliphatic rings. The lowest BCUT2D eigenvalue weighted by Crippen LogP contribution is -2.54. The lowest BCUT2D eigenvalue weighted by atomic mass is 9.87. The Morgan fingerprint density at radius 2 is 1.16 bits per heavy atom. The SMILES string of the molecule is COC(=O)N[C@H](C(=O)N1CCC[C@H]1c1ncc(-c2ccc(-c3ccc(-c4cnc(C5C6CCC(C6)N5C(=O)[C@H](NC(=O)OC)C(C)C)[nH]4)c4c3CCC4)c3c2CCC3)[nH]1)C(C)C. The van der Waals surface area contributed by atoms with Crippen molar-refractivity contribution in [1.82, 2.24) is 40.4 Å². The van der Waals surface area contributed by atoms with Crippen molar-refractivity contribution < 1.29 is 28.7 Å². The average molecular weight is 845 g/mol. The quantitative estimate of drug-likeness (QED) is 0.120. The van der Waals surface area contributed by atoms with E-state index in [2.05, 4.69) is 44.9 Å². The van der Waals surface area contributed by atoms with Crippen molar-refractivity contribution in [2.45, 2.75) is 129 Å². The van der Waals surface area contributed by atoms with E-state index in [1.807, 2.05) is 49.9 Å². The first-order valence-corrected chi connectivity index (χ1v) is 22.7. The van der Waals surface area contributed by atoms with Gasteiger partial charge in [0.1, 0.15) is 23.7 Å². The van der Waals surface area contributed by atoms with Gasteiger partial charge >= 0.3 is 12.2 Å². The molecule has 4 N–H and O–H groups in total. The molecule has 2 saturated heterocycles. The van der Waals surface area contributed by atoms with Crippen molar-refractivity contribution in [1.29, 1.82) is 0 Å². The third-order valence-corrected chi connectivity index (χ3v) is 14.4. The molecule has 14 nitrogen and oxygen atoms in total. The van der Waals surface area contributed by atoms with E-state index in [9.17, 15) is 19.2 Å². The summed E-state index contributed by atoms with van der Waals surface area (Å²) in [5.41, 5.74) is 12.4. The van der Waals surface area contributed by atoms with E-state index in [0.29, 0.717) is 12.5 Å². The van der Waals surface area contributed by atoms with Crippen LogP contribution in [-0.2, 0) is 44.7 Å². The Morgan fingerprint density at radius 1 is 0.661 bits per heavy atom. The summed E-state index contributed by atoms with van der Waals surface area (Å²) in [7, 11) is 2.63. The van der Waals surface area contributed by atoms with Crippen molar-refractivity contribution in [2.75, 3.05) is 20.8 Å². The number of imidazole rings is 2. The second-order valence-electron chi connectivity index (χ2n) is 18.6. The van der Waals surface area contributed by atoms with Gasteiger partial charge in [0.15, 0.2) is 0 Å². The van der Waals surface area contributed by atoms with Crippen LogP contribution in [0.15, 0.2) is 36.7 Å². The van der Waals surface area contributed by atoms with E-state index in [4.69, 9.17) is 19.4 Å². The maximum Gasteiger partial charge on any atom is 0.407 e. The highest BCUT2D eigenvalue weighted by molar-refractivity contribution is 5.88. The van der Waals surface area contributed by atoms with Gasteiger partial charge in [-0.2, -0.15) is 0 Å². The number of likely N-dealkylation sites (tertiary alicyclic amines) is 2. The molecule has 14 heteroatoms.